The number of carbonyl (C=O) groups excluding carboxylic acids is 1. The van der Waals surface area contributed by atoms with Crippen molar-refractivity contribution in [3.8, 4) is 28.6 Å². The highest BCUT2D eigenvalue weighted by Crippen LogP contribution is 2.38. The number of benzene rings is 2. The van der Waals surface area contributed by atoms with Gasteiger partial charge in [-0.3, -0.25) is 9.79 Å². The second-order valence-corrected chi connectivity index (χ2v) is 9.06. The average Bonchev–Trinajstić information content (AvgIpc) is 3.33. The van der Waals surface area contributed by atoms with Crippen molar-refractivity contribution in [3.63, 3.8) is 0 Å². The van der Waals surface area contributed by atoms with Gasteiger partial charge in [-0.1, -0.05) is 0 Å². The van der Waals surface area contributed by atoms with Gasteiger partial charge in [0.2, 0.25) is 5.88 Å². The topological polar surface area (TPSA) is 86.1 Å². The largest absolute Gasteiger partial charge is 0.493 e. The van der Waals surface area contributed by atoms with Crippen molar-refractivity contribution in [1.29, 1.82) is 0 Å². The van der Waals surface area contributed by atoms with E-state index < -0.39 is 0 Å². The molecule has 1 saturated heterocycles. The SMILES string of the molecule is COc1cc2c(cc1OCCCCOc1cc(-c3ccc(F)cc3)nc(C)n1)N=C[C@@H]1CCCN1C2=O. The minimum atomic E-state index is -0.293. The molecule has 1 aromatic heterocycles. The van der Waals surface area contributed by atoms with E-state index in [-0.39, 0.29) is 17.8 Å². The molecule has 0 radical (unpaired) electrons. The number of methoxy groups -OCH3 is 1. The van der Waals surface area contributed by atoms with Crippen LogP contribution in [0.25, 0.3) is 11.3 Å². The third-order valence-corrected chi connectivity index (χ3v) is 6.46. The van der Waals surface area contributed by atoms with Crippen LogP contribution in [0.15, 0.2) is 47.5 Å². The molecule has 0 spiro atoms. The number of unbranched alkanes of at least 4 members (excludes halogenated alkanes) is 1. The summed E-state index contributed by atoms with van der Waals surface area (Å²) >= 11 is 0. The Kier molecular flexibility index (Phi) is 7.30. The van der Waals surface area contributed by atoms with Gasteiger partial charge in [-0.2, -0.15) is 4.98 Å². The maximum absolute atomic E-state index is 13.2. The van der Waals surface area contributed by atoms with Gasteiger partial charge in [0.05, 0.1) is 43.3 Å². The summed E-state index contributed by atoms with van der Waals surface area (Å²) in [6.45, 7) is 3.46. The molecule has 8 nitrogen and oxygen atoms in total. The predicted octanol–water partition coefficient (Wildman–Crippen LogP) is 5.16. The number of aryl methyl sites for hydroxylation is 1. The van der Waals surface area contributed by atoms with Crippen molar-refractivity contribution in [2.24, 2.45) is 4.99 Å². The lowest BCUT2D eigenvalue weighted by atomic mass is 10.1. The Morgan fingerprint density at radius 2 is 1.81 bits per heavy atom. The monoisotopic (exact) mass is 504 g/mol. The molecule has 0 bridgehead atoms. The second-order valence-electron chi connectivity index (χ2n) is 9.06. The van der Waals surface area contributed by atoms with Gasteiger partial charge in [0.25, 0.3) is 5.91 Å². The van der Waals surface area contributed by atoms with Crippen molar-refractivity contribution < 1.29 is 23.4 Å². The molecule has 2 aliphatic heterocycles. The van der Waals surface area contributed by atoms with E-state index in [0.717, 1.165) is 37.8 Å². The van der Waals surface area contributed by atoms with Crippen LogP contribution in [-0.4, -0.2) is 59.9 Å². The van der Waals surface area contributed by atoms with Crippen LogP contribution < -0.4 is 14.2 Å². The van der Waals surface area contributed by atoms with Crippen LogP contribution >= 0.6 is 0 Å². The zero-order valence-electron chi connectivity index (χ0n) is 20.9. The molecule has 0 saturated carbocycles. The Hall–Kier alpha value is -4.01. The van der Waals surface area contributed by atoms with Crippen LogP contribution in [0.3, 0.4) is 0 Å². The van der Waals surface area contributed by atoms with E-state index in [4.69, 9.17) is 14.2 Å². The molecule has 2 aromatic carbocycles. The molecule has 3 aromatic rings. The van der Waals surface area contributed by atoms with E-state index in [1.165, 1.54) is 12.1 Å². The van der Waals surface area contributed by atoms with Gasteiger partial charge in [-0.15, -0.1) is 0 Å². The van der Waals surface area contributed by atoms with E-state index in [2.05, 4.69) is 15.0 Å². The first-order valence-corrected chi connectivity index (χ1v) is 12.5. The number of fused-ring (bicyclic) bond motifs is 2. The van der Waals surface area contributed by atoms with Crippen molar-refractivity contribution in [2.75, 3.05) is 26.9 Å². The highest BCUT2D eigenvalue weighted by atomic mass is 19.1. The fourth-order valence-electron chi connectivity index (χ4n) is 4.57. The summed E-state index contributed by atoms with van der Waals surface area (Å²) in [5.74, 6) is 1.82. The zero-order valence-corrected chi connectivity index (χ0v) is 20.9. The first-order valence-electron chi connectivity index (χ1n) is 12.5. The van der Waals surface area contributed by atoms with Crippen LogP contribution in [0.1, 0.15) is 41.9 Å². The lowest BCUT2D eigenvalue weighted by molar-refractivity contribution is 0.0774. The highest BCUT2D eigenvalue weighted by molar-refractivity contribution is 6.03. The van der Waals surface area contributed by atoms with E-state index in [1.807, 2.05) is 11.1 Å². The first-order chi connectivity index (χ1) is 18.0. The summed E-state index contributed by atoms with van der Waals surface area (Å²) in [5, 5.41) is 0. The highest BCUT2D eigenvalue weighted by Gasteiger charge is 2.32. The molecule has 37 heavy (non-hydrogen) atoms. The van der Waals surface area contributed by atoms with E-state index in [0.29, 0.717) is 53.4 Å². The quantitative estimate of drug-likeness (QED) is 0.374. The Bertz CT molecular complexity index is 1310. The minimum absolute atomic E-state index is 0.0143. The first kappa shape index (κ1) is 24.7. The average molecular weight is 505 g/mol. The van der Waals surface area contributed by atoms with E-state index in [9.17, 15) is 9.18 Å². The summed E-state index contributed by atoms with van der Waals surface area (Å²) < 4.78 is 30.6. The molecule has 1 amide bonds. The Balaban J connectivity index is 1.15. The lowest BCUT2D eigenvalue weighted by Gasteiger charge is -2.20. The fraction of sp³-hybridized carbons (Fsp3) is 0.357. The van der Waals surface area contributed by atoms with Crippen molar-refractivity contribution in [1.82, 2.24) is 14.9 Å². The standard InChI is InChI=1S/C28H29FN4O4/c1-18-31-23(19-7-9-20(29)10-8-19)16-27(32-18)37-13-4-3-12-36-26-15-24-22(14-25(26)35-2)28(34)33-11-5-6-21(33)17-30-24/h7-10,14-17,21H,3-6,11-13H2,1-2H3/t21-/m0/s1. The number of carbonyl (C=O) groups is 1. The molecule has 1 atom stereocenters. The number of rotatable bonds is 9. The molecule has 2 aliphatic rings. The molecule has 1 fully saturated rings. The molecule has 0 unspecified atom stereocenters. The van der Waals surface area contributed by atoms with Crippen molar-refractivity contribution in [3.05, 3.63) is 59.7 Å². The summed E-state index contributed by atoms with van der Waals surface area (Å²) in [4.78, 5) is 28.2. The number of aromatic nitrogens is 2. The molecular formula is C28H29FN4O4. The van der Waals surface area contributed by atoms with Gasteiger partial charge in [0, 0.05) is 30.5 Å². The Morgan fingerprint density at radius 3 is 2.59 bits per heavy atom. The maximum Gasteiger partial charge on any atom is 0.256 e. The maximum atomic E-state index is 13.2. The summed E-state index contributed by atoms with van der Waals surface area (Å²) in [7, 11) is 1.56. The van der Waals surface area contributed by atoms with Crippen LogP contribution in [0.2, 0.25) is 0 Å². The molecule has 0 N–H and O–H groups in total. The molecule has 5 rings (SSSR count). The molecule has 3 heterocycles. The van der Waals surface area contributed by atoms with Crippen LogP contribution in [-0.2, 0) is 0 Å². The molecular weight excluding hydrogens is 475 g/mol. The van der Waals surface area contributed by atoms with Gasteiger partial charge < -0.3 is 19.1 Å². The fourth-order valence-corrected chi connectivity index (χ4v) is 4.57. The van der Waals surface area contributed by atoms with Gasteiger partial charge in [0.15, 0.2) is 11.5 Å². The van der Waals surface area contributed by atoms with Crippen LogP contribution in [0, 0.1) is 12.7 Å². The van der Waals surface area contributed by atoms with Crippen LogP contribution in [0.4, 0.5) is 10.1 Å². The summed E-state index contributed by atoms with van der Waals surface area (Å²) in [6, 6.07) is 11.5. The van der Waals surface area contributed by atoms with Crippen molar-refractivity contribution >= 4 is 17.8 Å². The Morgan fingerprint density at radius 1 is 1.03 bits per heavy atom. The van der Waals surface area contributed by atoms with Gasteiger partial charge in [-0.25, -0.2) is 9.37 Å². The van der Waals surface area contributed by atoms with Crippen LogP contribution in [0.5, 0.6) is 17.4 Å². The van der Waals surface area contributed by atoms with E-state index in [1.54, 1.807) is 44.4 Å². The third-order valence-electron chi connectivity index (χ3n) is 6.46. The third kappa shape index (κ3) is 5.55. The number of hydrogen-bond acceptors (Lipinski definition) is 7. The number of aliphatic imine (C=N–C) groups is 1. The number of amides is 1. The molecule has 9 heteroatoms. The predicted molar refractivity (Wildman–Crippen MR) is 138 cm³/mol. The summed E-state index contributed by atoms with van der Waals surface area (Å²) in [6.07, 6.45) is 5.28. The molecule has 0 aliphatic carbocycles. The Labute approximate surface area is 215 Å². The van der Waals surface area contributed by atoms with Gasteiger partial charge in [0.1, 0.15) is 11.6 Å². The number of nitrogens with zero attached hydrogens (tertiary/aromatic N) is 4. The smallest absolute Gasteiger partial charge is 0.256 e. The lowest BCUT2D eigenvalue weighted by Crippen LogP contribution is -2.35. The minimum Gasteiger partial charge on any atom is -0.493 e. The second kappa shape index (κ2) is 10.9. The van der Waals surface area contributed by atoms with Gasteiger partial charge >= 0.3 is 0 Å². The van der Waals surface area contributed by atoms with E-state index >= 15 is 0 Å². The van der Waals surface area contributed by atoms with Crippen molar-refractivity contribution in [2.45, 2.75) is 38.6 Å². The van der Waals surface area contributed by atoms with Gasteiger partial charge in [-0.05, 0) is 62.9 Å². The normalized spacial score (nSPS) is 16.2. The molecule has 192 valence electrons. The zero-order chi connectivity index (χ0) is 25.8. The number of halogens is 1. The number of hydrogen-bond donors (Lipinski definition) is 0. The number of ether oxygens (including phenoxy) is 3. The summed E-state index contributed by atoms with van der Waals surface area (Å²) in [5.41, 5.74) is 2.63.